The summed E-state index contributed by atoms with van der Waals surface area (Å²) in [6.45, 7) is 0. The number of nitrogens with one attached hydrogen (secondary N) is 2. The molecule has 6 nitrogen and oxygen atoms in total. The highest BCUT2D eigenvalue weighted by Gasteiger charge is 2.13. The highest BCUT2D eigenvalue weighted by atomic mass is 32.2. The van der Waals surface area contributed by atoms with E-state index in [1.807, 2.05) is 72.8 Å². The Hall–Kier alpha value is -3.84. The molecule has 2 aromatic heterocycles. The first-order chi connectivity index (χ1) is 14.8. The van der Waals surface area contributed by atoms with Gasteiger partial charge in [0.1, 0.15) is 0 Å². The number of anilines is 3. The highest BCUT2D eigenvalue weighted by Crippen LogP contribution is 2.27. The van der Waals surface area contributed by atoms with E-state index in [9.17, 15) is 4.21 Å². The zero-order chi connectivity index (χ0) is 20.3. The van der Waals surface area contributed by atoms with E-state index in [2.05, 4.69) is 20.0 Å². The molecule has 1 unspecified atom stereocenters. The molecule has 0 saturated carbocycles. The number of rotatable bonds is 5. The molecule has 0 radical (unpaired) electrons. The number of hydrogen-bond acceptors (Lipinski definition) is 5. The van der Waals surface area contributed by atoms with E-state index in [-0.39, 0.29) is 0 Å². The van der Waals surface area contributed by atoms with Crippen molar-refractivity contribution >= 4 is 50.2 Å². The summed E-state index contributed by atoms with van der Waals surface area (Å²) in [5.41, 5.74) is 3.22. The predicted octanol–water partition coefficient (Wildman–Crippen LogP) is 5.06. The summed E-state index contributed by atoms with van der Waals surface area (Å²) in [6.07, 6.45) is 1.77. The first-order valence-corrected chi connectivity index (χ1v) is 10.5. The van der Waals surface area contributed by atoms with Crippen molar-refractivity contribution < 1.29 is 4.21 Å². The lowest BCUT2D eigenvalue weighted by atomic mass is 10.2. The Kier molecular flexibility index (Phi) is 4.78. The van der Waals surface area contributed by atoms with Gasteiger partial charge in [-0.15, -0.1) is 0 Å². The maximum Gasteiger partial charge on any atom is 0.182 e. The average Bonchev–Trinajstić information content (AvgIpc) is 2.80. The van der Waals surface area contributed by atoms with Crippen LogP contribution in [0.25, 0.3) is 21.9 Å². The second-order valence-electron chi connectivity index (χ2n) is 6.63. The normalized spacial score (nSPS) is 12.0. The monoisotopic (exact) mass is 411 g/mol. The van der Waals surface area contributed by atoms with Crippen molar-refractivity contribution in [1.29, 1.82) is 0 Å². The van der Waals surface area contributed by atoms with E-state index in [0.29, 0.717) is 16.5 Å². The Morgan fingerprint density at radius 3 is 2.23 bits per heavy atom. The fraction of sp³-hybridized carbons (Fsp3) is 0. The molecule has 2 N–H and O–H groups in total. The highest BCUT2D eigenvalue weighted by molar-refractivity contribution is 7.86. The minimum absolute atomic E-state index is 0.419. The van der Waals surface area contributed by atoms with Crippen molar-refractivity contribution in [1.82, 2.24) is 15.0 Å². The lowest BCUT2D eigenvalue weighted by Gasteiger charge is -2.13. The van der Waals surface area contributed by atoms with Gasteiger partial charge in [0.2, 0.25) is 0 Å². The van der Waals surface area contributed by atoms with Gasteiger partial charge in [-0.2, -0.15) is 0 Å². The zero-order valence-corrected chi connectivity index (χ0v) is 16.6. The fourth-order valence-electron chi connectivity index (χ4n) is 3.14. The van der Waals surface area contributed by atoms with E-state index in [1.165, 1.54) is 0 Å². The topological polar surface area (TPSA) is 79.8 Å². The number of aromatic nitrogens is 3. The standard InChI is InChI=1S/C23H17N5OS/c29-30(18-8-2-1-3-9-18)28-23-22(26-20-10-4-5-11-21(20)27-23)25-17-12-13-19-16(15-17)7-6-14-24-19/h1-15H,(H,25,26)(H,27,28). The molecular weight excluding hydrogens is 394 g/mol. The minimum atomic E-state index is -1.47. The van der Waals surface area contributed by atoms with E-state index in [0.717, 1.165) is 27.6 Å². The van der Waals surface area contributed by atoms with Gasteiger partial charge in [-0.3, -0.25) is 9.71 Å². The van der Waals surface area contributed by atoms with E-state index < -0.39 is 11.0 Å². The lowest BCUT2D eigenvalue weighted by Crippen LogP contribution is -2.10. The summed E-state index contributed by atoms with van der Waals surface area (Å²) in [4.78, 5) is 14.4. The van der Waals surface area contributed by atoms with Gasteiger partial charge in [-0.25, -0.2) is 14.2 Å². The third kappa shape index (κ3) is 3.70. The van der Waals surface area contributed by atoms with Crippen molar-refractivity contribution in [3.05, 3.63) is 91.1 Å². The zero-order valence-electron chi connectivity index (χ0n) is 15.8. The maximum atomic E-state index is 12.8. The number of fused-ring (bicyclic) bond motifs is 2. The third-order valence-electron chi connectivity index (χ3n) is 4.58. The van der Waals surface area contributed by atoms with Gasteiger partial charge in [0.05, 0.1) is 21.4 Å². The lowest BCUT2D eigenvalue weighted by molar-refractivity contribution is 0.686. The predicted molar refractivity (Wildman–Crippen MR) is 121 cm³/mol. The molecule has 0 spiro atoms. The van der Waals surface area contributed by atoms with Crippen LogP contribution >= 0.6 is 0 Å². The van der Waals surface area contributed by atoms with Crippen molar-refractivity contribution in [3.63, 3.8) is 0 Å². The molecule has 30 heavy (non-hydrogen) atoms. The third-order valence-corrected chi connectivity index (χ3v) is 5.66. The van der Waals surface area contributed by atoms with E-state index >= 15 is 0 Å². The van der Waals surface area contributed by atoms with Gasteiger partial charge >= 0.3 is 0 Å². The van der Waals surface area contributed by atoms with Gasteiger partial charge in [0.25, 0.3) is 0 Å². The molecule has 0 saturated heterocycles. The first-order valence-electron chi connectivity index (χ1n) is 9.38. The number of para-hydroxylation sites is 2. The molecule has 0 fully saturated rings. The molecule has 7 heteroatoms. The number of benzene rings is 3. The summed E-state index contributed by atoms with van der Waals surface area (Å²) in [6, 6.07) is 26.6. The number of hydrogen-bond donors (Lipinski definition) is 2. The molecule has 146 valence electrons. The largest absolute Gasteiger partial charge is 0.337 e. The molecule has 2 heterocycles. The molecule has 0 aliphatic rings. The van der Waals surface area contributed by atoms with Gasteiger partial charge < -0.3 is 5.32 Å². The second-order valence-corrected chi connectivity index (χ2v) is 7.84. The fourth-order valence-corrected chi connectivity index (χ4v) is 3.98. The summed E-state index contributed by atoms with van der Waals surface area (Å²) >= 11 is 0. The SMILES string of the molecule is O=S(Nc1nc2ccccc2nc1Nc1ccc2ncccc2c1)c1ccccc1. The van der Waals surface area contributed by atoms with Crippen LogP contribution in [0.3, 0.4) is 0 Å². The summed E-state index contributed by atoms with van der Waals surface area (Å²) in [5.74, 6) is 0.920. The molecule has 3 aromatic carbocycles. The van der Waals surface area contributed by atoms with Crippen LogP contribution in [0.1, 0.15) is 0 Å². The van der Waals surface area contributed by atoms with Crippen LogP contribution in [0, 0.1) is 0 Å². The quantitative estimate of drug-likeness (QED) is 0.423. The number of pyridine rings is 1. The van der Waals surface area contributed by atoms with Gasteiger partial charge in [0.15, 0.2) is 22.6 Å². The van der Waals surface area contributed by atoms with Crippen LogP contribution in [0.4, 0.5) is 17.3 Å². The van der Waals surface area contributed by atoms with Crippen LogP contribution < -0.4 is 10.0 Å². The molecule has 0 aliphatic carbocycles. The molecule has 1 atom stereocenters. The van der Waals surface area contributed by atoms with Crippen molar-refractivity contribution in [2.45, 2.75) is 4.90 Å². The summed E-state index contributed by atoms with van der Waals surface area (Å²) in [5, 5.41) is 4.33. The first kappa shape index (κ1) is 18.2. The summed E-state index contributed by atoms with van der Waals surface area (Å²) in [7, 11) is -1.47. The van der Waals surface area contributed by atoms with Crippen LogP contribution in [0.5, 0.6) is 0 Å². The molecule has 5 rings (SSSR count). The smallest absolute Gasteiger partial charge is 0.182 e. The van der Waals surface area contributed by atoms with Crippen LogP contribution in [0.2, 0.25) is 0 Å². The van der Waals surface area contributed by atoms with E-state index in [1.54, 1.807) is 18.3 Å². The Morgan fingerprint density at radius 1 is 0.700 bits per heavy atom. The molecular formula is C23H17N5OS. The molecule has 0 amide bonds. The second kappa shape index (κ2) is 7.88. The summed E-state index contributed by atoms with van der Waals surface area (Å²) < 4.78 is 15.8. The average molecular weight is 411 g/mol. The Bertz CT molecular complexity index is 1370. The van der Waals surface area contributed by atoms with Gasteiger partial charge in [-0.05, 0) is 48.5 Å². The number of nitrogens with zero attached hydrogens (tertiary/aromatic N) is 3. The molecule has 0 bridgehead atoms. The maximum absolute atomic E-state index is 12.8. The Balaban J connectivity index is 1.55. The van der Waals surface area contributed by atoms with Crippen molar-refractivity contribution in [2.75, 3.05) is 10.0 Å². The van der Waals surface area contributed by atoms with Gasteiger partial charge in [0, 0.05) is 17.3 Å². The molecule has 5 aromatic rings. The van der Waals surface area contributed by atoms with Crippen LogP contribution in [-0.4, -0.2) is 19.2 Å². The van der Waals surface area contributed by atoms with Crippen LogP contribution in [-0.2, 0) is 11.0 Å². The molecule has 0 aliphatic heterocycles. The van der Waals surface area contributed by atoms with Gasteiger partial charge in [-0.1, -0.05) is 36.4 Å². The van der Waals surface area contributed by atoms with E-state index in [4.69, 9.17) is 4.98 Å². The minimum Gasteiger partial charge on any atom is -0.337 e. The van der Waals surface area contributed by atoms with Crippen molar-refractivity contribution in [3.8, 4) is 0 Å². The Morgan fingerprint density at radius 2 is 1.43 bits per heavy atom. The van der Waals surface area contributed by atoms with Crippen molar-refractivity contribution in [2.24, 2.45) is 0 Å². The van der Waals surface area contributed by atoms with Crippen LogP contribution in [0.15, 0.2) is 96.0 Å². The Labute approximate surface area is 175 Å².